The van der Waals surface area contributed by atoms with Crippen LogP contribution in [0.3, 0.4) is 0 Å². The number of benzene rings is 2. The van der Waals surface area contributed by atoms with Crippen LogP contribution in [0.4, 0.5) is 0 Å². The number of hydroxylamine groups is 2. The molecular weight excluding hydrogens is 210 g/mol. The molecule has 2 nitrogen and oxygen atoms in total. The van der Waals surface area contributed by atoms with Crippen molar-refractivity contribution in [3.05, 3.63) is 71.8 Å². The summed E-state index contributed by atoms with van der Waals surface area (Å²) in [6.45, 7) is 2.16. The van der Waals surface area contributed by atoms with Crippen LogP contribution in [0.15, 0.2) is 60.7 Å². The Morgan fingerprint density at radius 3 is 2.18 bits per heavy atom. The van der Waals surface area contributed by atoms with E-state index in [0.717, 1.165) is 0 Å². The minimum atomic E-state index is 0.117. The molecule has 0 N–H and O–H groups in total. The van der Waals surface area contributed by atoms with Gasteiger partial charge in [-0.3, -0.25) is 4.84 Å². The molecule has 0 saturated carbocycles. The lowest BCUT2D eigenvalue weighted by atomic mass is 10.1. The maximum atomic E-state index is 5.65. The van der Waals surface area contributed by atoms with E-state index >= 15 is 0 Å². The first-order valence-corrected chi connectivity index (χ1v) is 5.91. The zero-order valence-corrected chi connectivity index (χ0v) is 9.78. The summed E-state index contributed by atoms with van der Waals surface area (Å²) in [5, 5.41) is 2.03. The predicted octanol–water partition coefficient (Wildman–Crippen LogP) is 3.69. The number of rotatable bonds is 3. The van der Waals surface area contributed by atoms with Gasteiger partial charge in [-0.05, 0) is 18.1 Å². The molecule has 0 spiro atoms. The van der Waals surface area contributed by atoms with Gasteiger partial charge in [-0.15, -0.1) is 5.06 Å². The van der Waals surface area contributed by atoms with Crippen LogP contribution in [-0.4, -0.2) is 5.06 Å². The molecule has 0 amide bonds. The maximum absolute atomic E-state index is 5.65. The van der Waals surface area contributed by atoms with Crippen molar-refractivity contribution in [3.63, 3.8) is 0 Å². The molecule has 2 heteroatoms. The summed E-state index contributed by atoms with van der Waals surface area (Å²) in [7, 11) is 0. The third-order valence-electron chi connectivity index (χ3n) is 3.16. The lowest BCUT2D eigenvalue weighted by molar-refractivity contribution is 0.155. The van der Waals surface area contributed by atoms with Crippen LogP contribution in [0.25, 0.3) is 0 Å². The van der Waals surface area contributed by atoms with Crippen LogP contribution < -0.4 is 0 Å². The molecule has 2 aromatic carbocycles. The first-order valence-electron chi connectivity index (χ1n) is 5.91. The Balaban J connectivity index is 1.73. The monoisotopic (exact) mass is 225 g/mol. The Bertz CT molecular complexity index is 483. The van der Waals surface area contributed by atoms with Gasteiger partial charge in [-0.2, -0.15) is 0 Å². The van der Waals surface area contributed by atoms with E-state index in [0.29, 0.717) is 6.04 Å². The van der Waals surface area contributed by atoms with Crippen LogP contribution in [0.2, 0.25) is 0 Å². The fourth-order valence-corrected chi connectivity index (χ4v) is 2.09. The molecule has 3 atom stereocenters. The van der Waals surface area contributed by atoms with Crippen molar-refractivity contribution >= 4 is 0 Å². The molecule has 2 aromatic rings. The van der Waals surface area contributed by atoms with Gasteiger partial charge >= 0.3 is 0 Å². The molecule has 0 bridgehead atoms. The third kappa shape index (κ3) is 2.09. The molecule has 1 aliphatic heterocycles. The van der Waals surface area contributed by atoms with E-state index < -0.39 is 0 Å². The predicted molar refractivity (Wildman–Crippen MR) is 67.0 cm³/mol. The van der Waals surface area contributed by atoms with E-state index in [9.17, 15) is 0 Å². The van der Waals surface area contributed by atoms with Gasteiger partial charge in [0.25, 0.3) is 0 Å². The van der Waals surface area contributed by atoms with Gasteiger partial charge in [-0.25, -0.2) is 0 Å². The Kier molecular flexibility index (Phi) is 2.67. The smallest absolute Gasteiger partial charge is 0.180 e. The highest BCUT2D eigenvalue weighted by molar-refractivity contribution is 5.22. The normalized spacial score (nSPS) is 24.3. The van der Waals surface area contributed by atoms with Gasteiger partial charge < -0.3 is 0 Å². The van der Waals surface area contributed by atoms with Crippen molar-refractivity contribution in [1.82, 2.24) is 5.06 Å². The van der Waals surface area contributed by atoms with E-state index in [4.69, 9.17) is 4.84 Å². The van der Waals surface area contributed by atoms with E-state index in [1.807, 2.05) is 29.3 Å². The van der Waals surface area contributed by atoms with Crippen molar-refractivity contribution < 1.29 is 4.84 Å². The van der Waals surface area contributed by atoms with Crippen molar-refractivity contribution in [3.8, 4) is 0 Å². The summed E-state index contributed by atoms with van der Waals surface area (Å²) in [6.07, 6.45) is 0.117. The molecule has 3 rings (SSSR count). The maximum Gasteiger partial charge on any atom is 0.180 e. The Hall–Kier alpha value is -1.64. The van der Waals surface area contributed by atoms with Crippen LogP contribution >= 0.6 is 0 Å². The van der Waals surface area contributed by atoms with E-state index in [-0.39, 0.29) is 6.23 Å². The highest BCUT2D eigenvalue weighted by atomic mass is 16.8. The van der Waals surface area contributed by atoms with Crippen molar-refractivity contribution in [2.75, 3.05) is 0 Å². The summed E-state index contributed by atoms with van der Waals surface area (Å²) in [4.78, 5) is 5.65. The molecule has 1 saturated heterocycles. The summed E-state index contributed by atoms with van der Waals surface area (Å²) >= 11 is 0. The largest absolute Gasteiger partial charge is 0.269 e. The topological polar surface area (TPSA) is 15.5 Å². The standard InChI is InChI=1S/C15H15NO/c1-12(13-8-4-2-5-9-13)16-15(17-16)14-10-6-3-7-11-14/h2-12,15H,1H3/t12-,15?,16?/m1/s1. The quantitative estimate of drug-likeness (QED) is 0.740. The molecule has 17 heavy (non-hydrogen) atoms. The zero-order chi connectivity index (χ0) is 11.7. The summed E-state index contributed by atoms with van der Waals surface area (Å²) in [5.41, 5.74) is 2.50. The summed E-state index contributed by atoms with van der Waals surface area (Å²) < 4.78 is 0. The average Bonchev–Trinajstić information content (AvgIpc) is 3.20. The average molecular weight is 225 g/mol. The first-order chi connectivity index (χ1) is 8.36. The Labute approximate surface area is 101 Å². The van der Waals surface area contributed by atoms with Gasteiger partial charge in [0.15, 0.2) is 6.23 Å². The molecular formula is C15H15NO. The minimum Gasteiger partial charge on any atom is -0.269 e. The van der Waals surface area contributed by atoms with Crippen LogP contribution in [0.5, 0.6) is 0 Å². The number of hydrogen-bond donors (Lipinski definition) is 0. The lowest BCUT2D eigenvalue weighted by Gasteiger charge is -2.10. The molecule has 0 radical (unpaired) electrons. The van der Waals surface area contributed by atoms with Gasteiger partial charge in [-0.1, -0.05) is 60.7 Å². The Morgan fingerprint density at radius 1 is 0.941 bits per heavy atom. The van der Waals surface area contributed by atoms with E-state index in [2.05, 4.69) is 43.3 Å². The molecule has 1 aliphatic rings. The fraction of sp³-hybridized carbons (Fsp3) is 0.200. The molecule has 86 valence electrons. The number of nitrogens with zero attached hydrogens (tertiary/aromatic N) is 1. The summed E-state index contributed by atoms with van der Waals surface area (Å²) in [6, 6.07) is 21.0. The highest BCUT2D eigenvalue weighted by Gasteiger charge is 2.41. The van der Waals surface area contributed by atoms with Crippen molar-refractivity contribution in [2.24, 2.45) is 0 Å². The number of hydrogen-bond acceptors (Lipinski definition) is 2. The molecule has 0 aromatic heterocycles. The second-order valence-electron chi connectivity index (χ2n) is 4.31. The molecule has 0 aliphatic carbocycles. The molecule has 1 heterocycles. The minimum absolute atomic E-state index is 0.117. The van der Waals surface area contributed by atoms with Gasteiger partial charge in [0.1, 0.15) is 0 Å². The van der Waals surface area contributed by atoms with Gasteiger partial charge in [0.2, 0.25) is 0 Å². The molecule has 1 fully saturated rings. The zero-order valence-electron chi connectivity index (χ0n) is 9.78. The summed E-state index contributed by atoms with van der Waals surface area (Å²) in [5.74, 6) is 0. The van der Waals surface area contributed by atoms with Crippen LogP contribution in [0, 0.1) is 0 Å². The van der Waals surface area contributed by atoms with Crippen LogP contribution in [-0.2, 0) is 4.84 Å². The third-order valence-corrected chi connectivity index (χ3v) is 3.16. The second-order valence-corrected chi connectivity index (χ2v) is 4.31. The van der Waals surface area contributed by atoms with E-state index in [1.54, 1.807) is 0 Å². The second kappa shape index (κ2) is 4.32. The fourth-order valence-electron chi connectivity index (χ4n) is 2.09. The molecule has 2 unspecified atom stereocenters. The van der Waals surface area contributed by atoms with Crippen LogP contribution in [0.1, 0.15) is 30.3 Å². The first kappa shape index (κ1) is 10.5. The lowest BCUT2D eigenvalue weighted by Crippen LogP contribution is -2.05. The SMILES string of the molecule is C[C@H](c1ccccc1)N1OC1c1ccccc1. The van der Waals surface area contributed by atoms with Crippen molar-refractivity contribution in [1.29, 1.82) is 0 Å². The highest BCUT2D eigenvalue weighted by Crippen LogP contribution is 2.43. The van der Waals surface area contributed by atoms with Gasteiger partial charge in [0, 0.05) is 0 Å². The Morgan fingerprint density at radius 2 is 1.53 bits per heavy atom. The van der Waals surface area contributed by atoms with Crippen molar-refractivity contribution in [2.45, 2.75) is 19.2 Å². The van der Waals surface area contributed by atoms with E-state index in [1.165, 1.54) is 11.1 Å². The van der Waals surface area contributed by atoms with Gasteiger partial charge in [0.05, 0.1) is 6.04 Å².